The summed E-state index contributed by atoms with van der Waals surface area (Å²) >= 11 is 0. The van der Waals surface area contributed by atoms with Crippen LogP contribution in [0.2, 0.25) is 0 Å². The van der Waals surface area contributed by atoms with Crippen molar-refractivity contribution in [1.82, 2.24) is 10.5 Å². The van der Waals surface area contributed by atoms with Gasteiger partial charge in [-0.05, 0) is 31.7 Å². The first-order chi connectivity index (χ1) is 8.11. The molecule has 3 nitrogen and oxygen atoms in total. The van der Waals surface area contributed by atoms with E-state index < -0.39 is 11.6 Å². The van der Waals surface area contributed by atoms with Crippen molar-refractivity contribution in [2.75, 3.05) is 7.05 Å². The summed E-state index contributed by atoms with van der Waals surface area (Å²) in [4.78, 5) is 0. The molecule has 1 heterocycles. The van der Waals surface area contributed by atoms with E-state index in [2.05, 4.69) is 10.5 Å². The van der Waals surface area contributed by atoms with Crippen molar-refractivity contribution in [2.24, 2.45) is 0 Å². The average molecular weight is 238 g/mol. The van der Waals surface area contributed by atoms with Gasteiger partial charge in [-0.25, -0.2) is 8.78 Å². The van der Waals surface area contributed by atoms with Crippen LogP contribution in [0.3, 0.4) is 0 Å². The Balaban J connectivity index is 2.41. The van der Waals surface area contributed by atoms with Crippen molar-refractivity contribution in [3.63, 3.8) is 0 Å². The van der Waals surface area contributed by atoms with Crippen molar-refractivity contribution in [3.8, 4) is 11.3 Å². The van der Waals surface area contributed by atoms with Gasteiger partial charge in [-0.1, -0.05) is 5.16 Å². The maximum Gasteiger partial charge on any atom is 0.170 e. The maximum atomic E-state index is 13.6. The molecule has 0 atom stereocenters. The van der Waals surface area contributed by atoms with Crippen molar-refractivity contribution >= 4 is 0 Å². The Labute approximate surface area is 97.4 Å². The number of aromatic nitrogens is 1. The third-order valence-electron chi connectivity index (χ3n) is 2.43. The molecule has 0 fully saturated rings. The lowest BCUT2D eigenvalue weighted by Gasteiger charge is -2.01. The van der Waals surface area contributed by atoms with Crippen LogP contribution in [-0.2, 0) is 6.54 Å². The van der Waals surface area contributed by atoms with Gasteiger partial charge in [0.2, 0.25) is 0 Å². The first-order valence-electron chi connectivity index (χ1n) is 5.18. The van der Waals surface area contributed by atoms with Crippen molar-refractivity contribution in [2.45, 2.75) is 13.5 Å². The number of aryl methyl sites for hydroxylation is 1. The number of nitrogens with zero attached hydrogens (tertiary/aromatic N) is 1. The van der Waals surface area contributed by atoms with Crippen LogP contribution < -0.4 is 5.32 Å². The molecular formula is C12H12F2N2O. The highest BCUT2D eigenvalue weighted by atomic mass is 19.1. The van der Waals surface area contributed by atoms with Gasteiger partial charge in [0, 0.05) is 12.6 Å². The van der Waals surface area contributed by atoms with E-state index in [4.69, 9.17) is 4.52 Å². The summed E-state index contributed by atoms with van der Waals surface area (Å²) in [5.74, 6) is -0.754. The molecule has 0 amide bonds. The minimum atomic E-state index is -0.518. The zero-order valence-corrected chi connectivity index (χ0v) is 9.55. The predicted octanol–water partition coefficient (Wildman–Crippen LogP) is 2.65. The van der Waals surface area contributed by atoms with Gasteiger partial charge in [-0.3, -0.25) is 0 Å². The zero-order chi connectivity index (χ0) is 12.4. The number of rotatable bonds is 3. The van der Waals surface area contributed by atoms with Crippen molar-refractivity contribution in [3.05, 3.63) is 41.1 Å². The molecule has 17 heavy (non-hydrogen) atoms. The second-order valence-electron chi connectivity index (χ2n) is 3.79. The highest BCUT2D eigenvalue weighted by Crippen LogP contribution is 2.26. The van der Waals surface area contributed by atoms with Crippen LogP contribution in [0.15, 0.2) is 22.7 Å². The van der Waals surface area contributed by atoms with E-state index in [9.17, 15) is 8.78 Å². The average Bonchev–Trinajstić information content (AvgIpc) is 2.72. The Bertz CT molecular complexity index is 537. The minimum absolute atomic E-state index is 0.0861. The molecule has 0 aliphatic heterocycles. The summed E-state index contributed by atoms with van der Waals surface area (Å²) in [5, 5.41) is 6.64. The molecule has 0 aliphatic carbocycles. The third kappa shape index (κ3) is 2.34. The summed E-state index contributed by atoms with van der Waals surface area (Å²) in [6, 6.07) is 3.85. The maximum absolute atomic E-state index is 13.6. The first kappa shape index (κ1) is 11.7. The smallest absolute Gasteiger partial charge is 0.170 e. The van der Waals surface area contributed by atoms with Gasteiger partial charge in [0.15, 0.2) is 5.76 Å². The van der Waals surface area contributed by atoms with Gasteiger partial charge < -0.3 is 9.84 Å². The lowest BCUT2D eigenvalue weighted by atomic mass is 10.1. The summed E-state index contributed by atoms with van der Waals surface area (Å²) in [6.07, 6.45) is 0. The second-order valence-corrected chi connectivity index (χ2v) is 3.79. The van der Waals surface area contributed by atoms with Crippen LogP contribution in [0.5, 0.6) is 0 Å². The summed E-state index contributed by atoms with van der Waals surface area (Å²) in [6.45, 7) is 2.02. The third-order valence-corrected chi connectivity index (χ3v) is 2.43. The molecule has 2 rings (SSSR count). The van der Waals surface area contributed by atoms with Crippen LogP contribution in [-0.4, -0.2) is 12.2 Å². The molecule has 0 aliphatic rings. The summed E-state index contributed by atoms with van der Waals surface area (Å²) in [7, 11) is 1.76. The molecule has 90 valence electrons. The fourth-order valence-electron chi connectivity index (χ4n) is 1.54. The van der Waals surface area contributed by atoms with Gasteiger partial charge in [-0.2, -0.15) is 0 Å². The van der Waals surface area contributed by atoms with Gasteiger partial charge >= 0.3 is 0 Å². The number of nitrogens with one attached hydrogen (secondary N) is 1. The predicted molar refractivity (Wildman–Crippen MR) is 59.4 cm³/mol. The first-order valence-corrected chi connectivity index (χ1v) is 5.18. The van der Waals surface area contributed by atoms with Gasteiger partial charge in [-0.15, -0.1) is 0 Å². The van der Waals surface area contributed by atoms with E-state index >= 15 is 0 Å². The Morgan fingerprint density at radius 2 is 2.00 bits per heavy atom. The molecule has 0 bridgehead atoms. The number of halogens is 2. The Morgan fingerprint density at radius 3 is 2.71 bits per heavy atom. The monoisotopic (exact) mass is 238 g/mol. The van der Waals surface area contributed by atoms with E-state index in [-0.39, 0.29) is 16.9 Å². The van der Waals surface area contributed by atoms with Crippen LogP contribution in [0.25, 0.3) is 11.3 Å². The number of hydrogen-bond acceptors (Lipinski definition) is 3. The molecule has 0 saturated heterocycles. The summed E-state index contributed by atoms with van der Waals surface area (Å²) in [5.41, 5.74) is 0.993. The molecule has 1 N–H and O–H groups in total. The fourth-order valence-corrected chi connectivity index (χ4v) is 1.54. The molecule has 2 aromatic rings. The Hall–Kier alpha value is -1.75. The lowest BCUT2D eigenvalue weighted by molar-refractivity contribution is 0.419. The molecule has 1 aromatic heterocycles. The minimum Gasteiger partial charge on any atom is -0.356 e. The van der Waals surface area contributed by atoms with Gasteiger partial charge in [0.05, 0.1) is 11.3 Å². The van der Waals surface area contributed by atoms with E-state index in [0.717, 1.165) is 12.1 Å². The second kappa shape index (κ2) is 4.63. The highest BCUT2D eigenvalue weighted by Gasteiger charge is 2.13. The molecule has 0 unspecified atom stereocenters. The number of hydrogen-bond donors (Lipinski definition) is 1. The van der Waals surface area contributed by atoms with Crippen molar-refractivity contribution in [1.29, 1.82) is 0 Å². The zero-order valence-electron chi connectivity index (χ0n) is 9.55. The largest absolute Gasteiger partial charge is 0.356 e. The van der Waals surface area contributed by atoms with E-state index in [1.807, 2.05) is 0 Å². The Kier molecular flexibility index (Phi) is 3.19. The van der Waals surface area contributed by atoms with Gasteiger partial charge in [0.1, 0.15) is 11.6 Å². The highest BCUT2D eigenvalue weighted by molar-refractivity contribution is 5.59. The van der Waals surface area contributed by atoms with E-state index in [0.29, 0.717) is 12.2 Å². The van der Waals surface area contributed by atoms with Crippen LogP contribution in [0, 0.1) is 18.6 Å². The van der Waals surface area contributed by atoms with Crippen LogP contribution >= 0.6 is 0 Å². The Morgan fingerprint density at radius 1 is 1.24 bits per heavy atom. The molecule has 1 aromatic carbocycles. The molecular weight excluding hydrogens is 226 g/mol. The normalized spacial score (nSPS) is 10.8. The molecule has 5 heteroatoms. The lowest BCUT2D eigenvalue weighted by Crippen LogP contribution is -2.04. The molecule has 0 radical (unpaired) electrons. The van der Waals surface area contributed by atoms with E-state index in [1.165, 1.54) is 6.92 Å². The quantitative estimate of drug-likeness (QED) is 0.893. The fraction of sp³-hybridized carbons (Fsp3) is 0.250. The molecule has 0 saturated carbocycles. The van der Waals surface area contributed by atoms with Crippen LogP contribution in [0.4, 0.5) is 8.78 Å². The van der Waals surface area contributed by atoms with Crippen molar-refractivity contribution < 1.29 is 13.3 Å². The van der Waals surface area contributed by atoms with E-state index in [1.54, 1.807) is 13.1 Å². The number of benzene rings is 1. The standard InChI is InChI=1S/C12H12F2N2O/c1-7-3-11(14)9(5-10(7)13)12-4-8(6-15-2)16-17-12/h3-5,15H,6H2,1-2H3. The summed E-state index contributed by atoms with van der Waals surface area (Å²) < 4.78 is 32.0. The van der Waals surface area contributed by atoms with Gasteiger partial charge in [0.25, 0.3) is 0 Å². The van der Waals surface area contributed by atoms with Crippen LogP contribution in [0.1, 0.15) is 11.3 Å². The topological polar surface area (TPSA) is 38.1 Å². The molecule has 0 spiro atoms. The SMILES string of the molecule is CNCc1cc(-c2cc(F)c(C)cc2F)on1.